The number of hydrogen-bond acceptors (Lipinski definition) is 1. The van der Waals surface area contributed by atoms with Crippen molar-refractivity contribution < 1.29 is 4.79 Å². The van der Waals surface area contributed by atoms with Crippen LogP contribution in [0.15, 0.2) is 97.1 Å². The highest BCUT2D eigenvalue weighted by Crippen LogP contribution is 2.46. The second kappa shape index (κ2) is 7.85. The molecule has 0 spiro atoms. The van der Waals surface area contributed by atoms with Crippen LogP contribution < -0.4 is 0 Å². The highest BCUT2D eigenvalue weighted by Gasteiger charge is 2.27. The Kier molecular flexibility index (Phi) is 4.88. The lowest BCUT2D eigenvalue weighted by Crippen LogP contribution is -2.04. The summed E-state index contributed by atoms with van der Waals surface area (Å²) in [4.78, 5) is 11.6. The van der Waals surface area contributed by atoms with Crippen LogP contribution in [0.2, 0.25) is 0 Å². The van der Waals surface area contributed by atoms with Gasteiger partial charge in [0.25, 0.3) is 0 Å². The Labute approximate surface area is 183 Å². The van der Waals surface area contributed by atoms with Gasteiger partial charge in [0.05, 0.1) is 0 Å². The molecule has 0 amide bonds. The van der Waals surface area contributed by atoms with Crippen molar-refractivity contribution in [3.63, 3.8) is 0 Å². The molecule has 0 bridgehead atoms. The Morgan fingerprint density at radius 2 is 1.10 bits per heavy atom. The highest BCUT2D eigenvalue weighted by molar-refractivity contribution is 5.82. The van der Waals surface area contributed by atoms with Crippen LogP contribution in [0, 0.1) is 13.8 Å². The predicted molar refractivity (Wildman–Crippen MR) is 128 cm³/mol. The lowest BCUT2D eigenvalue weighted by Gasteiger charge is -2.20. The Morgan fingerprint density at radius 1 is 0.581 bits per heavy atom. The molecule has 0 aliphatic heterocycles. The molecule has 0 fully saturated rings. The molecule has 0 N–H and O–H groups in total. The van der Waals surface area contributed by atoms with E-state index in [4.69, 9.17) is 0 Å². The number of hydrogen-bond donors (Lipinski definition) is 0. The second-order valence-corrected chi connectivity index (χ2v) is 8.26. The molecular formula is C30H24O. The zero-order valence-corrected chi connectivity index (χ0v) is 17.8. The van der Waals surface area contributed by atoms with Gasteiger partial charge < -0.3 is 0 Å². The minimum Gasteiger partial charge on any atom is -0.298 e. The molecule has 0 radical (unpaired) electrons. The van der Waals surface area contributed by atoms with E-state index in [1.165, 1.54) is 44.5 Å². The van der Waals surface area contributed by atoms with Crippen LogP contribution in [0.4, 0.5) is 0 Å². The zero-order valence-electron chi connectivity index (χ0n) is 17.8. The lowest BCUT2D eigenvalue weighted by atomic mass is 9.83. The normalized spacial score (nSPS) is 11.3. The van der Waals surface area contributed by atoms with Gasteiger partial charge in [0.15, 0.2) is 0 Å². The van der Waals surface area contributed by atoms with Crippen LogP contribution in [0.25, 0.3) is 22.3 Å². The van der Waals surface area contributed by atoms with Gasteiger partial charge in [0, 0.05) is 11.5 Å². The molecule has 0 heterocycles. The van der Waals surface area contributed by atoms with Crippen molar-refractivity contribution >= 4 is 6.29 Å². The molecule has 5 rings (SSSR count). The summed E-state index contributed by atoms with van der Waals surface area (Å²) in [5, 5.41) is 0. The van der Waals surface area contributed by atoms with E-state index in [1.54, 1.807) is 0 Å². The molecule has 0 saturated heterocycles. The van der Waals surface area contributed by atoms with E-state index in [-0.39, 0.29) is 5.92 Å². The molecular weight excluding hydrogens is 376 g/mol. The number of carbonyl (C=O) groups excluding carboxylic acids is 1. The van der Waals surface area contributed by atoms with E-state index in [2.05, 4.69) is 92.7 Å². The quantitative estimate of drug-likeness (QED) is 0.285. The van der Waals surface area contributed by atoms with Crippen LogP contribution >= 0.6 is 0 Å². The molecule has 1 heteroatoms. The number of aryl methyl sites for hydroxylation is 2. The van der Waals surface area contributed by atoms with Gasteiger partial charge in [0.1, 0.15) is 6.29 Å². The Bertz CT molecular complexity index is 1250. The first-order chi connectivity index (χ1) is 15.2. The van der Waals surface area contributed by atoms with Crippen molar-refractivity contribution in [1.82, 2.24) is 0 Å². The van der Waals surface area contributed by atoms with Gasteiger partial charge in [-0.2, -0.15) is 0 Å². The van der Waals surface area contributed by atoms with Crippen molar-refractivity contribution in [1.29, 1.82) is 0 Å². The summed E-state index contributed by atoms with van der Waals surface area (Å²) in [5.41, 5.74) is 12.0. The van der Waals surface area contributed by atoms with Crippen LogP contribution in [0.1, 0.15) is 44.1 Å². The van der Waals surface area contributed by atoms with Crippen LogP contribution in [-0.4, -0.2) is 6.29 Å². The van der Waals surface area contributed by atoms with Crippen LogP contribution in [0.3, 0.4) is 0 Å². The third kappa shape index (κ3) is 3.33. The zero-order chi connectivity index (χ0) is 21.4. The van der Waals surface area contributed by atoms with Crippen LogP contribution in [-0.2, 0) is 0 Å². The van der Waals surface area contributed by atoms with Gasteiger partial charge in [-0.15, -0.1) is 0 Å². The van der Waals surface area contributed by atoms with Gasteiger partial charge in [-0.25, -0.2) is 0 Å². The van der Waals surface area contributed by atoms with E-state index in [9.17, 15) is 4.79 Å². The molecule has 1 aromatic rings. The average molecular weight is 401 g/mol. The van der Waals surface area contributed by atoms with E-state index in [0.29, 0.717) is 5.56 Å². The summed E-state index contributed by atoms with van der Waals surface area (Å²) >= 11 is 0. The first-order valence-corrected chi connectivity index (χ1v) is 10.7. The topological polar surface area (TPSA) is 17.1 Å². The first kappa shape index (κ1) is 19.3. The van der Waals surface area contributed by atoms with Crippen molar-refractivity contribution in [2.24, 2.45) is 0 Å². The summed E-state index contributed by atoms with van der Waals surface area (Å²) in [5.74, 6) is 0.0390. The third-order valence-electron chi connectivity index (χ3n) is 6.29. The van der Waals surface area contributed by atoms with Gasteiger partial charge in [0.2, 0.25) is 0 Å². The molecule has 1 aromatic carbocycles. The number of fused-ring (bicyclic) bond motifs is 2. The largest absolute Gasteiger partial charge is 0.298 e. The Morgan fingerprint density at radius 3 is 1.61 bits per heavy atom. The van der Waals surface area contributed by atoms with E-state index in [0.717, 1.165) is 11.8 Å². The van der Waals surface area contributed by atoms with Gasteiger partial charge >= 0.3 is 0 Å². The number of aldehydes is 1. The van der Waals surface area contributed by atoms with Crippen molar-refractivity contribution in [3.8, 4) is 22.3 Å². The fourth-order valence-electron chi connectivity index (χ4n) is 4.88. The highest BCUT2D eigenvalue weighted by atomic mass is 16.1. The smallest absolute Gasteiger partial charge is 0.150 e. The first-order valence-electron chi connectivity index (χ1n) is 10.7. The maximum absolute atomic E-state index is 11.6. The van der Waals surface area contributed by atoms with Gasteiger partial charge in [-0.05, 0) is 70.0 Å². The summed E-state index contributed by atoms with van der Waals surface area (Å²) in [7, 11) is 0. The molecule has 0 unspecified atom stereocenters. The maximum Gasteiger partial charge on any atom is 0.150 e. The fourth-order valence-corrected chi connectivity index (χ4v) is 4.88. The van der Waals surface area contributed by atoms with E-state index < -0.39 is 0 Å². The summed E-state index contributed by atoms with van der Waals surface area (Å²) in [6, 6.07) is 34.1. The standard InChI is InChI=1S/C30H24O/c1-20-16-28(26-14-7-3-5-12-24(20)26)30(23-11-9-10-22(18-23)19-31)29-17-21(2)25-13-6-4-8-15-27(25)29/h3-19,30H,1-2H3. The monoisotopic (exact) mass is 400 g/mol. The van der Waals surface area contributed by atoms with Crippen LogP contribution in [0.5, 0.6) is 0 Å². The molecule has 31 heavy (non-hydrogen) atoms. The second-order valence-electron chi connectivity index (χ2n) is 8.26. The molecule has 0 saturated carbocycles. The van der Waals surface area contributed by atoms with E-state index in [1.807, 2.05) is 18.2 Å². The molecule has 1 nitrogen and oxygen atoms in total. The lowest BCUT2D eigenvalue weighted by molar-refractivity contribution is 0.112. The Hall–Kier alpha value is -3.71. The summed E-state index contributed by atoms with van der Waals surface area (Å²) in [6.07, 6.45) is 0.934. The third-order valence-corrected chi connectivity index (χ3v) is 6.29. The van der Waals surface area contributed by atoms with Crippen molar-refractivity contribution in [2.45, 2.75) is 19.8 Å². The number of carbonyl (C=O) groups is 1. The number of benzene rings is 1. The Balaban J connectivity index is 1.83. The predicted octanol–water partition coefficient (Wildman–Crippen LogP) is 7.51. The number of rotatable bonds is 4. The molecule has 150 valence electrons. The maximum atomic E-state index is 11.6. The minimum absolute atomic E-state index is 0.0390. The van der Waals surface area contributed by atoms with Crippen molar-refractivity contribution in [3.05, 3.63) is 130 Å². The summed E-state index contributed by atoms with van der Waals surface area (Å²) in [6.45, 7) is 4.36. The fraction of sp³-hybridized carbons (Fsp3) is 0.100. The molecule has 0 atom stereocenters. The average Bonchev–Trinajstić information content (AvgIpc) is 3.06. The molecule has 4 aliphatic rings. The molecule has 4 aliphatic carbocycles. The van der Waals surface area contributed by atoms with Gasteiger partial charge in [-0.3, -0.25) is 4.79 Å². The van der Waals surface area contributed by atoms with Gasteiger partial charge in [-0.1, -0.05) is 91.0 Å². The van der Waals surface area contributed by atoms with Crippen molar-refractivity contribution in [2.75, 3.05) is 0 Å². The molecule has 0 aromatic heterocycles. The minimum atomic E-state index is 0.0390. The summed E-state index contributed by atoms with van der Waals surface area (Å²) < 4.78 is 0. The SMILES string of the molecule is Cc1cc(C(c2cccc(C=O)c2)c2cc(C)c3cccccc2-3)c2cccccc1-2. The van der Waals surface area contributed by atoms with E-state index >= 15 is 0 Å².